The smallest absolute Gasteiger partial charge is 0.00927 e. The maximum absolute atomic E-state index is 3.65. The molecule has 2 atom stereocenters. The minimum Gasteiger partial charge on any atom is -0.314 e. The Labute approximate surface area is 75.9 Å². The second kappa shape index (κ2) is 3.78. The average molecular weight is 167 g/mol. The first kappa shape index (κ1) is 8.55. The van der Waals surface area contributed by atoms with Crippen LogP contribution in [0.3, 0.4) is 0 Å². The molecule has 12 heavy (non-hydrogen) atoms. The van der Waals surface area contributed by atoms with Crippen LogP contribution in [0.25, 0.3) is 0 Å². The molecule has 1 N–H and O–H groups in total. The Balaban J connectivity index is 1.68. The molecule has 0 amide bonds. The van der Waals surface area contributed by atoms with Gasteiger partial charge in [0.1, 0.15) is 0 Å². The van der Waals surface area contributed by atoms with Crippen molar-refractivity contribution in [1.82, 2.24) is 5.32 Å². The van der Waals surface area contributed by atoms with Gasteiger partial charge in [-0.3, -0.25) is 0 Å². The molecule has 0 aromatic heterocycles. The number of rotatable bonds is 3. The average Bonchev–Trinajstić information content (AvgIpc) is 2.86. The molecule has 2 rings (SSSR count). The molecule has 0 bridgehead atoms. The van der Waals surface area contributed by atoms with Crippen molar-refractivity contribution in [3.8, 4) is 0 Å². The SMILES string of the molecule is CC1CCCNC1CCC1CC1. The zero-order valence-corrected chi connectivity index (χ0v) is 8.18. The van der Waals surface area contributed by atoms with Gasteiger partial charge in [-0.2, -0.15) is 0 Å². The number of piperidine rings is 1. The molecule has 1 heterocycles. The second-order valence-electron chi connectivity index (χ2n) is 4.70. The molecule has 2 unspecified atom stereocenters. The Morgan fingerprint density at radius 3 is 2.67 bits per heavy atom. The van der Waals surface area contributed by atoms with Crippen molar-refractivity contribution in [1.29, 1.82) is 0 Å². The summed E-state index contributed by atoms with van der Waals surface area (Å²) < 4.78 is 0. The van der Waals surface area contributed by atoms with E-state index < -0.39 is 0 Å². The molecule has 1 saturated heterocycles. The van der Waals surface area contributed by atoms with Crippen LogP contribution >= 0.6 is 0 Å². The van der Waals surface area contributed by atoms with Crippen molar-refractivity contribution in [3.05, 3.63) is 0 Å². The Hall–Kier alpha value is -0.0400. The standard InChI is InChI=1S/C11H21N/c1-9-3-2-8-12-11(9)7-6-10-4-5-10/h9-12H,2-8H2,1H3. The first-order valence-corrected chi connectivity index (χ1v) is 5.59. The molecule has 1 aliphatic heterocycles. The summed E-state index contributed by atoms with van der Waals surface area (Å²) in [7, 11) is 0. The molecule has 0 aromatic carbocycles. The summed E-state index contributed by atoms with van der Waals surface area (Å²) >= 11 is 0. The topological polar surface area (TPSA) is 12.0 Å². The Kier molecular flexibility index (Phi) is 2.69. The summed E-state index contributed by atoms with van der Waals surface area (Å²) in [5.74, 6) is 2.04. The van der Waals surface area contributed by atoms with Crippen molar-refractivity contribution < 1.29 is 0 Å². The van der Waals surface area contributed by atoms with Crippen LogP contribution in [0, 0.1) is 11.8 Å². The fourth-order valence-corrected chi connectivity index (χ4v) is 2.32. The third-order valence-electron chi connectivity index (χ3n) is 3.51. The van der Waals surface area contributed by atoms with E-state index in [2.05, 4.69) is 12.2 Å². The van der Waals surface area contributed by atoms with Gasteiger partial charge < -0.3 is 5.32 Å². The van der Waals surface area contributed by atoms with E-state index in [1.807, 2.05) is 0 Å². The van der Waals surface area contributed by atoms with Crippen LogP contribution in [0.1, 0.15) is 45.4 Å². The van der Waals surface area contributed by atoms with Crippen molar-refractivity contribution in [2.75, 3.05) is 6.54 Å². The van der Waals surface area contributed by atoms with E-state index in [0.29, 0.717) is 0 Å². The van der Waals surface area contributed by atoms with E-state index in [4.69, 9.17) is 0 Å². The lowest BCUT2D eigenvalue weighted by Gasteiger charge is -2.30. The molecule has 70 valence electrons. The van der Waals surface area contributed by atoms with Gasteiger partial charge in [-0.15, -0.1) is 0 Å². The minimum atomic E-state index is 0.847. The summed E-state index contributed by atoms with van der Waals surface area (Å²) in [6, 6.07) is 0.847. The van der Waals surface area contributed by atoms with Crippen molar-refractivity contribution in [2.24, 2.45) is 11.8 Å². The molecule has 0 aromatic rings. The summed E-state index contributed by atoms with van der Waals surface area (Å²) in [4.78, 5) is 0. The van der Waals surface area contributed by atoms with E-state index in [9.17, 15) is 0 Å². The van der Waals surface area contributed by atoms with E-state index in [0.717, 1.165) is 17.9 Å². The van der Waals surface area contributed by atoms with Crippen molar-refractivity contribution in [3.63, 3.8) is 0 Å². The predicted molar refractivity (Wildman–Crippen MR) is 52.1 cm³/mol. The highest BCUT2D eigenvalue weighted by Gasteiger charge is 2.25. The summed E-state index contributed by atoms with van der Waals surface area (Å²) in [5, 5.41) is 3.65. The lowest BCUT2D eigenvalue weighted by molar-refractivity contribution is 0.279. The van der Waals surface area contributed by atoms with Gasteiger partial charge in [-0.25, -0.2) is 0 Å². The van der Waals surface area contributed by atoms with Gasteiger partial charge in [0, 0.05) is 6.04 Å². The lowest BCUT2D eigenvalue weighted by Crippen LogP contribution is -2.39. The van der Waals surface area contributed by atoms with Crippen LogP contribution < -0.4 is 5.32 Å². The van der Waals surface area contributed by atoms with E-state index >= 15 is 0 Å². The number of hydrogen-bond acceptors (Lipinski definition) is 1. The van der Waals surface area contributed by atoms with Crippen LogP contribution in [0.4, 0.5) is 0 Å². The Bertz CT molecular complexity index is 140. The molecule has 2 fully saturated rings. The van der Waals surface area contributed by atoms with Gasteiger partial charge >= 0.3 is 0 Å². The first-order chi connectivity index (χ1) is 5.86. The third-order valence-corrected chi connectivity index (χ3v) is 3.51. The second-order valence-corrected chi connectivity index (χ2v) is 4.70. The first-order valence-electron chi connectivity index (χ1n) is 5.59. The fraction of sp³-hybridized carbons (Fsp3) is 1.00. The highest BCUT2D eigenvalue weighted by Crippen LogP contribution is 2.35. The molecule has 0 radical (unpaired) electrons. The largest absolute Gasteiger partial charge is 0.314 e. The molecule has 1 saturated carbocycles. The minimum absolute atomic E-state index is 0.847. The van der Waals surface area contributed by atoms with Crippen LogP contribution in [0.5, 0.6) is 0 Å². The van der Waals surface area contributed by atoms with Crippen LogP contribution in [0.2, 0.25) is 0 Å². The summed E-state index contributed by atoms with van der Waals surface area (Å²) in [5.41, 5.74) is 0. The molecule has 1 nitrogen and oxygen atoms in total. The molecule has 2 aliphatic rings. The summed E-state index contributed by atoms with van der Waals surface area (Å²) in [6.45, 7) is 3.67. The molecule has 1 aliphatic carbocycles. The van der Waals surface area contributed by atoms with Crippen LogP contribution in [0.15, 0.2) is 0 Å². The van der Waals surface area contributed by atoms with E-state index in [-0.39, 0.29) is 0 Å². The maximum Gasteiger partial charge on any atom is 0.00927 e. The Morgan fingerprint density at radius 2 is 2.00 bits per heavy atom. The maximum atomic E-state index is 3.65. The third kappa shape index (κ3) is 2.22. The van der Waals surface area contributed by atoms with Gasteiger partial charge in [-0.05, 0) is 44.1 Å². The van der Waals surface area contributed by atoms with Crippen LogP contribution in [-0.4, -0.2) is 12.6 Å². The van der Waals surface area contributed by atoms with Gasteiger partial charge in [0.05, 0.1) is 0 Å². The highest BCUT2D eigenvalue weighted by atomic mass is 14.9. The number of hydrogen-bond donors (Lipinski definition) is 1. The normalized spacial score (nSPS) is 36.8. The molecule has 1 heteroatoms. The predicted octanol–water partition coefficient (Wildman–Crippen LogP) is 2.56. The Morgan fingerprint density at radius 1 is 1.17 bits per heavy atom. The molecule has 0 spiro atoms. The lowest BCUT2D eigenvalue weighted by atomic mass is 9.89. The van der Waals surface area contributed by atoms with Gasteiger partial charge in [0.25, 0.3) is 0 Å². The van der Waals surface area contributed by atoms with Crippen molar-refractivity contribution in [2.45, 2.75) is 51.5 Å². The van der Waals surface area contributed by atoms with E-state index in [1.165, 1.54) is 45.1 Å². The quantitative estimate of drug-likeness (QED) is 0.681. The molecular weight excluding hydrogens is 146 g/mol. The monoisotopic (exact) mass is 167 g/mol. The van der Waals surface area contributed by atoms with Crippen molar-refractivity contribution >= 4 is 0 Å². The number of nitrogens with one attached hydrogen (secondary N) is 1. The van der Waals surface area contributed by atoms with Gasteiger partial charge in [-0.1, -0.05) is 19.8 Å². The zero-order valence-electron chi connectivity index (χ0n) is 8.18. The van der Waals surface area contributed by atoms with E-state index in [1.54, 1.807) is 0 Å². The van der Waals surface area contributed by atoms with Crippen LogP contribution in [-0.2, 0) is 0 Å². The highest BCUT2D eigenvalue weighted by molar-refractivity contribution is 4.81. The van der Waals surface area contributed by atoms with Gasteiger partial charge in [0.2, 0.25) is 0 Å². The fourth-order valence-electron chi connectivity index (χ4n) is 2.32. The molecular formula is C11H21N. The summed E-state index contributed by atoms with van der Waals surface area (Å²) in [6.07, 6.45) is 8.79. The van der Waals surface area contributed by atoms with Gasteiger partial charge in [0.15, 0.2) is 0 Å². The zero-order chi connectivity index (χ0) is 8.39.